The first-order valence-electron chi connectivity index (χ1n) is 8.79. The summed E-state index contributed by atoms with van der Waals surface area (Å²) in [5.41, 5.74) is 0.719. The van der Waals surface area contributed by atoms with Gasteiger partial charge in [0.2, 0.25) is 5.95 Å². The van der Waals surface area contributed by atoms with Crippen molar-refractivity contribution in [3.63, 3.8) is 0 Å². The molecule has 9 nitrogen and oxygen atoms in total. The van der Waals surface area contributed by atoms with Crippen molar-refractivity contribution in [2.75, 3.05) is 18.7 Å². The molecule has 0 aliphatic carbocycles. The number of carbonyl (C=O) groups is 1. The fraction of sp³-hybridized carbons (Fsp3) is 0.263. The van der Waals surface area contributed by atoms with Crippen LogP contribution in [0.2, 0.25) is 5.02 Å². The van der Waals surface area contributed by atoms with Crippen molar-refractivity contribution in [3.8, 4) is 0 Å². The minimum atomic E-state index is -3.82. The zero-order valence-corrected chi connectivity index (χ0v) is 17.9. The number of hydrogen-bond donors (Lipinski definition) is 2. The second kappa shape index (κ2) is 8.41. The van der Waals surface area contributed by atoms with Crippen LogP contribution in [0.3, 0.4) is 0 Å². The highest BCUT2D eigenvalue weighted by atomic mass is 35.5. The SMILES string of the molecule is COC(=O)C(c1ccnc(NC(C)c2cc3cc(Cl)ccc3[nH]c2=O)n1)S(C)(=O)=O. The van der Waals surface area contributed by atoms with E-state index in [2.05, 4.69) is 25.0 Å². The molecular weight excluding hydrogens is 432 g/mol. The number of sulfone groups is 1. The van der Waals surface area contributed by atoms with E-state index in [4.69, 9.17) is 11.6 Å². The van der Waals surface area contributed by atoms with E-state index in [0.29, 0.717) is 16.1 Å². The van der Waals surface area contributed by atoms with Crippen LogP contribution in [0.15, 0.2) is 41.3 Å². The first-order chi connectivity index (χ1) is 14.1. The number of rotatable bonds is 6. The lowest BCUT2D eigenvalue weighted by Gasteiger charge is -2.16. The minimum Gasteiger partial charge on any atom is -0.468 e. The summed E-state index contributed by atoms with van der Waals surface area (Å²) in [5, 5.41) is 2.67. The summed E-state index contributed by atoms with van der Waals surface area (Å²) in [6.45, 7) is 1.73. The van der Waals surface area contributed by atoms with Crippen LogP contribution >= 0.6 is 11.6 Å². The third-order valence-corrected chi connectivity index (χ3v) is 5.96. The highest BCUT2D eigenvalue weighted by Crippen LogP contribution is 2.24. The maximum atomic E-state index is 12.5. The molecule has 2 atom stereocenters. The van der Waals surface area contributed by atoms with Crippen LogP contribution in [0.5, 0.6) is 0 Å². The largest absolute Gasteiger partial charge is 0.468 e. The number of aromatic nitrogens is 3. The van der Waals surface area contributed by atoms with E-state index in [-0.39, 0.29) is 17.2 Å². The van der Waals surface area contributed by atoms with Crippen LogP contribution in [0.1, 0.15) is 29.5 Å². The summed E-state index contributed by atoms with van der Waals surface area (Å²) in [6, 6.07) is 7.62. The van der Waals surface area contributed by atoms with Crippen molar-refractivity contribution < 1.29 is 17.9 Å². The van der Waals surface area contributed by atoms with Gasteiger partial charge in [-0.2, -0.15) is 0 Å². The Morgan fingerprint density at radius 1 is 1.27 bits per heavy atom. The molecule has 0 fully saturated rings. The Hall–Kier alpha value is -2.98. The molecule has 3 rings (SSSR count). The molecule has 0 saturated heterocycles. The number of methoxy groups -OCH3 is 1. The Morgan fingerprint density at radius 3 is 2.67 bits per heavy atom. The zero-order chi connectivity index (χ0) is 22.1. The fourth-order valence-electron chi connectivity index (χ4n) is 3.00. The number of pyridine rings is 1. The first kappa shape index (κ1) is 21.7. The number of anilines is 1. The first-order valence-corrected chi connectivity index (χ1v) is 11.1. The second-order valence-electron chi connectivity index (χ2n) is 6.69. The quantitative estimate of drug-likeness (QED) is 0.547. The smallest absolute Gasteiger partial charge is 0.330 e. The van der Waals surface area contributed by atoms with Gasteiger partial charge >= 0.3 is 5.97 Å². The molecule has 0 aliphatic rings. The number of nitrogens with zero attached hydrogens (tertiary/aromatic N) is 2. The number of H-pyrrole nitrogens is 1. The van der Waals surface area contributed by atoms with Gasteiger partial charge in [0, 0.05) is 33.9 Å². The highest BCUT2D eigenvalue weighted by Gasteiger charge is 2.33. The van der Waals surface area contributed by atoms with E-state index in [9.17, 15) is 18.0 Å². The van der Waals surface area contributed by atoms with Crippen molar-refractivity contribution in [3.05, 3.63) is 63.2 Å². The van der Waals surface area contributed by atoms with Crippen LogP contribution in [0.4, 0.5) is 5.95 Å². The van der Waals surface area contributed by atoms with Gasteiger partial charge in [-0.05, 0) is 37.3 Å². The van der Waals surface area contributed by atoms with Gasteiger partial charge in [-0.3, -0.25) is 9.59 Å². The van der Waals surface area contributed by atoms with Gasteiger partial charge < -0.3 is 15.0 Å². The molecule has 0 radical (unpaired) electrons. The maximum absolute atomic E-state index is 12.5. The van der Waals surface area contributed by atoms with Crippen molar-refractivity contribution in [2.24, 2.45) is 0 Å². The van der Waals surface area contributed by atoms with E-state index in [1.165, 1.54) is 12.3 Å². The predicted octanol–water partition coefficient (Wildman–Crippen LogP) is 2.40. The number of ether oxygens (including phenoxy) is 1. The topological polar surface area (TPSA) is 131 Å². The molecule has 2 aromatic heterocycles. The number of fused-ring (bicyclic) bond motifs is 1. The number of carbonyl (C=O) groups excluding carboxylic acids is 1. The van der Waals surface area contributed by atoms with Crippen LogP contribution in [0.25, 0.3) is 10.9 Å². The Morgan fingerprint density at radius 2 is 2.00 bits per heavy atom. The molecule has 0 aliphatic heterocycles. The van der Waals surface area contributed by atoms with Crippen molar-refractivity contribution in [1.29, 1.82) is 0 Å². The van der Waals surface area contributed by atoms with E-state index < -0.39 is 27.1 Å². The molecule has 2 N–H and O–H groups in total. The number of hydrogen-bond acceptors (Lipinski definition) is 8. The molecule has 30 heavy (non-hydrogen) atoms. The van der Waals surface area contributed by atoms with Crippen molar-refractivity contribution >= 4 is 44.3 Å². The molecule has 3 aromatic rings. The summed E-state index contributed by atoms with van der Waals surface area (Å²) < 4.78 is 28.7. The summed E-state index contributed by atoms with van der Waals surface area (Å²) in [6.07, 6.45) is 2.25. The lowest BCUT2D eigenvalue weighted by Crippen LogP contribution is -2.24. The van der Waals surface area contributed by atoms with Crippen LogP contribution in [0, 0.1) is 0 Å². The summed E-state index contributed by atoms with van der Waals surface area (Å²) >= 11 is 6.03. The van der Waals surface area contributed by atoms with Crippen LogP contribution in [-0.2, 0) is 19.4 Å². The van der Waals surface area contributed by atoms with E-state index in [1.807, 2.05) is 0 Å². The molecular formula is C19H19ClN4O5S. The average Bonchev–Trinajstić information content (AvgIpc) is 2.67. The number of halogens is 1. The standard InChI is InChI=1S/C19H19ClN4O5S/c1-10(13-9-11-8-12(20)4-5-14(11)23-17(13)25)22-19-21-7-6-15(24-19)16(18(26)29-2)30(3,27)28/h4-10,16H,1-3H3,(H,23,25)(H,21,22,24). The second-order valence-corrected chi connectivity index (χ2v) is 9.26. The van der Waals surface area contributed by atoms with Gasteiger partial charge in [0.15, 0.2) is 15.1 Å². The number of aromatic amines is 1. The lowest BCUT2D eigenvalue weighted by atomic mass is 10.1. The predicted molar refractivity (Wildman–Crippen MR) is 113 cm³/mol. The molecule has 0 amide bonds. The molecule has 0 spiro atoms. The third kappa shape index (κ3) is 4.60. The number of benzene rings is 1. The normalized spacial score (nSPS) is 13.6. The van der Waals surface area contributed by atoms with Crippen molar-refractivity contribution in [2.45, 2.75) is 18.2 Å². The van der Waals surface area contributed by atoms with Gasteiger partial charge in [0.1, 0.15) is 0 Å². The Kier molecular flexibility index (Phi) is 6.09. The van der Waals surface area contributed by atoms with Gasteiger partial charge in [-0.15, -0.1) is 0 Å². The van der Waals surface area contributed by atoms with Gasteiger partial charge in [0.25, 0.3) is 5.56 Å². The number of esters is 1. The number of nitrogens with one attached hydrogen (secondary N) is 2. The van der Waals surface area contributed by atoms with Crippen molar-refractivity contribution in [1.82, 2.24) is 15.0 Å². The van der Waals surface area contributed by atoms with E-state index >= 15 is 0 Å². The van der Waals surface area contributed by atoms with E-state index in [1.54, 1.807) is 31.2 Å². The molecule has 11 heteroatoms. The Balaban J connectivity index is 1.94. The summed E-state index contributed by atoms with van der Waals surface area (Å²) in [5.74, 6) is -0.888. The third-order valence-electron chi connectivity index (χ3n) is 4.44. The average molecular weight is 451 g/mol. The summed E-state index contributed by atoms with van der Waals surface area (Å²) in [4.78, 5) is 35.4. The molecule has 1 aromatic carbocycles. The van der Waals surface area contributed by atoms with Gasteiger partial charge in [0.05, 0.1) is 18.8 Å². The molecule has 2 unspecified atom stereocenters. The van der Waals surface area contributed by atoms with Crippen LogP contribution in [-0.4, -0.2) is 42.7 Å². The summed E-state index contributed by atoms with van der Waals surface area (Å²) in [7, 11) is -2.72. The fourth-order valence-corrected chi connectivity index (χ4v) is 4.19. The minimum absolute atomic E-state index is 0.0340. The molecule has 158 valence electrons. The Labute approximate surface area is 177 Å². The molecule has 0 bridgehead atoms. The van der Waals surface area contributed by atoms with E-state index in [0.717, 1.165) is 18.8 Å². The van der Waals surface area contributed by atoms with Gasteiger partial charge in [-0.1, -0.05) is 11.6 Å². The Bertz CT molecular complexity index is 1280. The van der Waals surface area contributed by atoms with Gasteiger partial charge in [-0.25, -0.2) is 18.4 Å². The molecule has 2 heterocycles. The highest BCUT2D eigenvalue weighted by molar-refractivity contribution is 7.91. The monoisotopic (exact) mass is 450 g/mol. The lowest BCUT2D eigenvalue weighted by molar-refractivity contribution is -0.140. The maximum Gasteiger partial charge on any atom is 0.330 e. The molecule has 0 saturated carbocycles. The zero-order valence-electron chi connectivity index (χ0n) is 16.3. The van der Waals surface area contributed by atoms with Crippen LogP contribution < -0.4 is 10.9 Å².